The van der Waals surface area contributed by atoms with Gasteiger partial charge in [0.25, 0.3) is 5.91 Å². The molecule has 2 saturated heterocycles. The summed E-state index contributed by atoms with van der Waals surface area (Å²) in [4.78, 5) is 23.4. The molecule has 2 fully saturated rings. The minimum absolute atomic E-state index is 0.207. The number of pyridine rings is 2. The fraction of sp³-hybridized carbons (Fsp3) is 0.333. The first-order valence-electron chi connectivity index (χ1n) is 10.9. The average molecular weight is 484 g/mol. The quantitative estimate of drug-likeness (QED) is 0.324. The fourth-order valence-corrected chi connectivity index (χ4v) is 4.24. The lowest BCUT2D eigenvalue weighted by atomic mass is 10.0. The van der Waals surface area contributed by atoms with Crippen LogP contribution in [0.4, 0.5) is 17.6 Å². The zero-order chi connectivity index (χ0) is 24.9. The molecular formula is C24H20F4N6O. The zero-order valence-electron chi connectivity index (χ0n) is 18.7. The molecule has 5 rings (SSSR count). The van der Waals surface area contributed by atoms with Crippen LogP contribution in [0.1, 0.15) is 17.3 Å². The van der Waals surface area contributed by atoms with Gasteiger partial charge in [-0.3, -0.25) is 19.4 Å². The van der Waals surface area contributed by atoms with Gasteiger partial charge >= 0.3 is 6.18 Å². The van der Waals surface area contributed by atoms with Crippen molar-refractivity contribution in [1.82, 2.24) is 29.5 Å². The molecule has 180 valence electrons. The van der Waals surface area contributed by atoms with Gasteiger partial charge in [0.05, 0.1) is 11.6 Å². The average Bonchev–Trinajstić information content (AvgIpc) is 3.14. The number of likely N-dealkylation sites (tertiary alicyclic amines) is 2. The summed E-state index contributed by atoms with van der Waals surface area (Å²) >= 11 is 0. The molecule has 0 spiro atoms. The molecule has 7 nitrogen and oxygen atoms in total. The number of fused-ring (bicyclic) bond motifs is 1. The van der Waals surface area contributed by atoms with E-state index in [1.807, 2.05) is 7.05 Å². The normalized spacial score (nSPS) is 17.0. The Balaban J connectivity index is 1.56. The van der Waals surface area contributed by atoms with Crippen molar-refractivity contribution in [2.45, 2.75) is 12.2 Å². The van der Waals surface area contributed by atoms with E-state index >= 15 is 0 Å². The Morgan fingerprint density at radius 2 is 1.89 bits per heavy atom. The van der Waals surface area contributed by atoms with E-state index < -0.39 is 23.6 Å². The molecule has 35 heavy (non-hydrogen) atoms. The van der Waals surface area contributed by atoms with Crippen LogP contribution in [0.3, 0.4) is 0 Å². The van der Waals surface area contributed by atoms with Crippen LogP contribution in [-0.2, 0) is 11.0 Å². The highest BCUT2D eigenvalue weighted by Gasteiger charge is 2.36. The lowest BCUT2D eigenvalue weighted by Gasteiger charge is -2.39. The van der Waals surface area contributed by atoms with Crippen LogP contribution in [-0.4, -0.2) is 68.7 Å². The smallest absolute Gasteiger partial charge is 0.332 e. The first-order chi connectivity index (χ1) is 16.6. The Labute approximate surface area is 198 Å². The van der Waals surface area contributed by atoms with Crippen molar-refractivity contribution in [3.8, 4) is 23.1 Å². The van der Waals surface area contributed by atoms with E-state index in [0.717, 1.165) is 25.4 Å². The van der Waals surface area contributed by atoms with Gasteiger partial charge in [-0.05, 0) is 25.2 Å². The predicted octanol–water partition coefficient (Wildman–Crippen LogP) is 3.29. The van der Waals surface area contributed by atoms with Gasteiger partial charge in [0.1, 0.15) is 22.4 Å². The van der Waals surface area contributed by atoms with Gasteiger partial charge in [-0.15, -0.1) is 0 Å². The fourth-order valence-electron chi connectivity index (χ4n) is 4.24. The largest absolute Gasteiger partial charge is 0.433 e. The monoisotopic (exact) mass is 484 g/mol. The zero-order valence-corrected chi connectivity index (χ0v) is 18.7. The number of carbonyl (C=O) groups excluding carboxylic acids is 1. The summed E-state index contributed by atoms with van der Waals surface area (Å²) < 4.78 is 53.9. The highest BCUT2D eigenvalue weighted by molar-refractivity contribution is 5.94. The molecule has 0 bridgehead atoms. The SMILES string of the molecule is C=C(F)C(=O)N1CC(n2nc(-c3ccc(C(F)(F)F)nc3)c3nccc(C#CC4CN(C)C4)c32)C1. The molecule has 3 aromatic rings. The number of carbonyl (C=O) groups is 1. The maximum Gasteiger partial charge on any atom is 0.433 e. The molecular weight excluding hydrogens is 464 g/mol. The van der Waals surface area contributed by atoms with Gasteiger partial charge in [0.2, 0.25) is 0 Å². The minimum atomic E-state index is -4.56. The van der Waals surface area contributed by atoms with Crippen molar-refractivity contribution in [2.75, 3.05) is 33.2 Å². The Morgan fingerprint density at radius 1 is 1.14 bits per heavy atom. The number of amides is 1. The number of halogens is 4. The van der Waals surface area contributed by atoms with Gasteiger partial charge < -0.3 is 9.80 Å². The summed E-state index contributed by atoms with van der Waals surface area (Å²) in [5, 5.41) is 4.65. The van der Waals surface area contributed by atoms with E-state index in [1.165, 1.54) is 11.0 Å². The first kappa shape index (κ1) is 23.0. The van der Waals surface area contributed by atoms with E-state index in [9.17, 15) is 22.4 Å². The molecule has 0 aromatic carbocycles. The molecule has 0 aliphatic carbocycles. The molecule has 0 radical (unpaired) electrons. The van der Waals surface area contributed by atoms with E-state index in [-0.39, 0.29) is 25.0 Å². The maximum absolute atomic E-state index is 13.3. The van der Waals surface area contributed by atoms with Crippen LogP contribution < -0.4 is 0 Å². The second kappa shape index (κ2) is 8.46. The van der Waals surface area contributed by atoms with Crippen molar-refractivity contribution < 1.29 is 22.4 Å². The molecule has 0 atom stereocenters. The summed E-state index contributed by atoms with van der Waals surface area (Å²) in [5.74, 6) is 4.88. The third-order valence-corrected chi connectivity index (χ3v) is 6.12. The molecule has 0 N–H and O–H groups in total. The third kappa shape index (κ3) is 4.25. The van der Waals surface area contributed by atoms with Crippen molar-refractivity contribution in [2.24, 2.45) is 5.92 Å². The molecule has 0 unspecified atom stereocenters. The Bertz CT molecular complexity index is 1370. The maximum atomic E-state index is 13.3. The van der Waals surface area contributed by atoms with Gasteiger partial charge in [-0.25, -0.2) is 4.39 Å². The molecule has 0 saturated carbocycles. The van der Waals surface area contributed by atoms with Crippen LogP contribution in [0.5, 0.6) is 0 Å². The van der Waals surface area contributed by atoms with Crippen LogP contribution in [0.25, 0.3) is 22.3 Å². The van der Waals surface area contributed by atoms with Gasteiger partial charge in [0.15, 0.2) is 5.83 Å². The predicted molar refractivity (Wildman–Crippen MR) is 119 cm³/mol. The number of nitrogens with zero attached hydrogens (tertiary/aromatic N) is 6. The third-order valence-electron chi connectivity index (χ3n) is 6.12. The summed E-state index contributed by atoms with van der Waals surface area (Å²) in [6.45, 7) is 5.20. The van der Waals surface area contributed by atoms with Gasteiger partial charge in [0, 0.05) is 50.1 Å². The van der Waals surface area contributed by atoms with E-state index in [0.29, 0.717) is 27.9 Å². The summed E-state index contributed by atoms with van der Waals surface area (Å²) in [7, 11) is 2.01. The molecule has 11 heteroatoms. The number of hydrogen-bond acceptors (Lipinski definition) is 5. The lowest BCUT2D eigenvalue weighted by molar-refractivity contribution is -0.141. The minimum Gasteiger partial charge on any atom is -0.332 e. The second-order valence-electron chi connectivity index (χ2n) is 8.74. The molecule has 1 amide bonds. The Kier molecular flexibility index (Phi) is 5.56. The number of hydrogen-bond donors (Lipinski definition) is 0. The molecule has 2 aliphatic rings. The highest BCUT2D eigenvalue weighted by Crippen LogP contribution is 2.34. The highest BCUT2D eigenvalue weighted by atomic mass is 19.4. The van der Waals surface area contributed by atoms with Gasteiger partial charge in [-0.1, -0.05) is 18.4 Å². The summed E-state index contributed by atoms with van der Waals surface area (Å²) in [6, 6.07) is 3.68. The van der Waals surface area contributed by atoms with Crippen molar-refractivity contribution in [3.05, 3.63) is 54.3 Å². The van der Waals surface area contributed by atoms with Crippen LogP contribution in [0.2, 0.25) is 0 Å². The summed E-state index contributed by atoms with van der Waals surface area (Å²) in [6.07, 6.45) is -1.86. The van der Waals surface area contributed by atoms with Crippen LogP contribution in [0.15, 0.2) is 43.0 Å². The molecule has 5 heterocycles. The molecule has 3 aromatic heterocycles. The topological polar surface area (TPSA) is 67.2 Å². The van der Waals surface area contributed by atoms with E-state index in [1.54, 1.807) is 16.9 Å². The standard InChI is InChI=1S/C24H20F4N6O/c1-14(25)23(35)33-12-18(13-33)34-22-16(4-3-15-10-32(2)11-15)7-8-29-21(22)20(31-34)17-5-6-19(30-9-17)24(26,27)28/h5-9,15,18H,1,10-13H2,2H3. The number of rotatable bonds is 3. The Hall–Kier alpha value is -3.78. The second-order valence-corrected chi connectivity index (χ2v) is 8.74. The van der Waals surface area contributed by atoms with Crippen molar-refractivity contribution in [3.63, 3.8) is 0 Å². The Morgan fingerprint density at radius 3 is 2.49 bits per heavy atom. The van der Waals surface area contributed by atoms with Crippen molar-refractivity contribution in [1.29, 1.82) is 0 Å². The number of alkyl halides is 3. The lowest BCUT2D eigenvalue weighted by Crippen LogP contribution is -2.51. The molecule has 2 aliphatic heterocycles. The van der Waals surface area contributed by atoms with E-state index in [4.69, 9.17) is 0 Å². The summed E-state index contributed by atoms with van der Waals surface area (Å²) in [5.41, 5.74) is 1.46. The number of aromatic nitrogens is 4. The van der Waals surface area contributed by atoms with Gasteiger partial charge in [-0.2, -0.15) is 18.3 Å². The van der Waals surface area contributed by atoms with Crippen LogP contribution in [0, 0.1) is 17.8 Å². The first-order valence-corrected chi connectivity index (χ1v) is 10.9. The van der Waals surface area contributed by atoms with Crippen LogP contribution >= 0.6 is 0 Å². The van der Waals surface area contributed by atoms with E-state index in [2.05, 4.69) is 38.4 Å². The van der Waals surface area contributed by atoms with Crippen molar-refractivity contribution >= 4 is 16.9 Å².